The van der Waals surface area contributed by atoms with Gasteiger partial charge < -0.3 is 14.5 Å². The molecule has 122 valence electrons. The number of morpholine rings is 1. The number of urea groups is 1. The molecule has 1 atom stereocenters. The van der Waals surface area contributed by atoms with Crippen LogP contribution in [0.5, 0.6) is 0 Å². The number of hydrogen-bond acceptors (Lipinski definition) is 4. The highest BCUT2D eigenvalue weighted by molar-refractivity contribution is 7.12. The highest BCUT2D eigenvalue weighted by Crippen LogP contribution is 2.19. The second-order valence-corrected chi connectivity index (χ2v) is 6.64. The number of ketones is 1. The van der Waals surface area contributed by atoms with Gasteiger partial charge in [0.15, 0.2) is 5.78 Å². The molecule has 2 heterocycles. The van der Waals surface area contributed by atoms with Gasteiger partial charge in [-0.05, 0) is 32.2 Å². The van der Waals surface area contributed by atoms with E-state index < -0.39 is 0 Å². The molecule has 1 aromatic heterocycles. The van der Waals surface area contributed by atoms with E-state index in [4.69, 9.17) is 4.74 Å². The normalized spacial score (nSPS) is 18.5. The third-order valence-electron chi connectivity index (χ3n) is 3.90. The third-order valence-corrected chi connectivity index (χ3v) is 4.81. The van der Waals surface area contributed by atoms with Crippen molar-refractivity contribution in [3.8, 4) is 0 Å². The van der Waals surface area contributed by atoms with E-state index >= 15 is 0 Å². The number of thiophene rings is 1. The van der Waals surface area contributed by atoms with Crippen LogP contribution in [-0.2, 0) is 4.74 Å². The van der Waals surface area contributed by atoms with Gasteiger partial charge in [0, 0.05) is 25.6 Å². The Bertz CT molecular complexity index is 501. The van der Waals surface area contributed by atoms with Crippen LogP contribution in [0.2, 0.25) is 0 Å². The summed E-state index contributed by atoms with van der Waals surface area (Å²) in [5.74, 6) is 0.0795. The lowest BCUT2D eigenvalue weighted by Gasteiger charge is -2.39. The van der Waals surface area contributed by atoms with E-state index in [0.29, 0.717) is 32.7 Å². The maximum Gasteiger partial charge on any atom is 0.320 e. The number of carbonyl (C=O) groups excluding carboxylic acids is 2. The van der Waals surface area contributed by atoms with Gasteiger partial charge >= 0.3 is 6.03 Å². The van der Waals surface area contributed by atoms with Crippen molar-refractivity contribution in [1.82, 2.24) is 9.80 Å². The predicted octanol–water partition coefficient (Wildman–Crippen LogP) is 2.87. The van der Waals surface area contributed by atoms with Crippen molar-refractivity contribution in [3.63, 3.8) is 0 Å². The van der Waals surface area contributed by atoms with E-state index in [1.807, 2.05) is 43.2 Å². The van der Waals surface area contributed by atoms with Crippen molar-refractivity contribution in [2.45, 2.75) is 39.3 Å². The van der Waals surface area contributed by atoms with Crippen LogP contribution < -0.4 is 0 Å². The van der Waals surface area contributed by atoms with Gasteiger partial charge in [0.1, 0.15) is 0 Å². The maximum absolute atomic E-state index is 12.7. The summed E-state index contributed by atoms with van der Waals surface area (Å²) < 4.78 is 5.49. The summed E-state index contributed by atoms with van der Waals surface area (Å²) >= 11 is 1.44. The van der Waals surface area contributed by atoms with Crippen LogP contribution in [0.4, 0.5) is 4.79 Å². The molecule has 1 aliphatic heterocycles. The van der Waals surface area contributed by atoms with Crippen molar-refractivity contribution in [2.24, 2.45) is 0 Å². The van der Waals surface area contributed by atoms with Crippen molar-refractivity contribution in [2.75, 3.05) is 26.3 Å². The highest BCUT2D eigenvalue weighted by atomic mass is 32.1. The predicted molar refractivity (Wildman–Crippen MR) is 87.5 cm³/mol. The largest absolute Gasteiger partial charge is 0.377 e. The molecule has 0 N–H and O–H groups in total. The molecule has 0 radical (unpaired) electrons. The van der Waals surface area contributed by atoms with Gasteiger partial charge in [-0.3, -0.25) is 4.79 Å². The molecular weight excluding hydrogens is 300 g/mol. The molecule has 22 heavy (non-hydrogen) atoms. The van der Waals surface area contributed by atoms with Gasteiger partial charge in [-0.1, -0.05) is 6.07 Å². The lowest BCUT2D eigenvalue weighted by Crippen LogP contribution is -2.55. The van der Waals surface area contributed by atoms with Crippen molar-refractivity contribution >= 4 is 23.2 Å². The minimum atomic E-state index is -0.177. The van der Waals surface area contributed by atoms with E-state index in [-0.39, 0.29) is 23.9 Å². The van der Waals surface area contributed by atoms with Crippen LogP contribution in [0.1, 0.15) is 36.9 Å². The molecule has 1 aliphatic rings. The minimum absolute atomic E-state index is 0.00443. The van der Waals surface area contributed by atoms with E-state index in [9.17, 15) is 9.59 Å². The summed E-state index contributed by atoms with van der Waals surface area (Å²) in [7, 11) is 0. The average Bonchev–Trinajstić information content (AvgIpc) is 3.02. The summed E-state index contributed by atoms with van der Waals surface area (Å²) in [4.78, 5) is 29.4. The number of nitrogens with zero attached hydrogens (tertiary/aromatic N) is 2. The van der Waals surface area contributed by atoms with Crippen LogP contribution in [0, 0.1) is 0 Å². The Morgan fingerprint density at radius 1 is 1.50 bits per heavy atom. The van der Waals surface area contributed by atoms with Gasteiger partial charge in [0.2, 0.25) is 0 Å². The lowest BCUT2D eigenvalue weighted by atomic mass is 10.1. The first-order chi connectivity index (χ1) is 10.5. The summed E-state index contributed by atoms with van der Waals surface area (Å²) in [6.07, 6.45) is 0.321. The molecule has 2 rings (SSSR count). The minimum Gasteiger partial charge on any atom is -0.377 e. The van der Waals surface area contributed by atoms with Gasteiger partial charge in [-0.25, -0.2) is 4.79 Å². The Morgan fingerprint density at radius 2 is 2.27 bits per heavy atom. The second kappa shape index (κ2) is 7.74. The standard InChI is InChI=1S/C16H24N2O3S/c1-4-17(12(2)3)16(20)18-7-8-21-11-13(18)10-14(19)15-6-5-9-22-15/h5-6,9,12-13H,4,7-8,10-11H2,1-3H3/t13-/m1/s1. The van der Waals surface area contributed by atoms with Crippen LogP contribution in [0.25, 0.3) is 0 Å². The molecule has 1 fully saturated rings. The smallest absolute Gasteiger partial charge is 0.320 e. The van der Waals surface area contributed by atoms with Crippen LogP contribution in [0.3, 0.4) is 0 Å². The zero-order valence-corrected chi connectivity index (χ0v) is 14.3. The zero-order chi connectivity index (χ0) is 16.1. The van der Waals surface area contributed by atoms with Gasteiger partial charge in [-0.2, -0.15) is 0 Å². The highest BCUT2D eigenvalue weighted by Gasteiger charge is 2.32. The Balaban J connectivity index is 2.07. The summed E-state index contributed by atoms with van der Waals surface area (Å²) in [5.41, 5.74) is 0. The zero-order valence-electron chi connectivity index (χ0n) is 13.4. The maximum atomic E-state index is 12.7. The quantitative estimate of drug-likeness (QED) is 0.783. The molecule has 0 unspecified atom stereocenters. The molecule has 5 nitrogen and oxygen atoms in total. The molecule has 6 heteroatoms. The molecule has 0 saturated carbocycles. The fourth-order valence-corrected chi connectivity index (χ4v) is 3.39. The SMILES string of the molecule is CCN(C(=O)N1CCOC[C@H]1CC(=O)c1cccs1)C(C)C. The average molecular weight is 324 g/mol. The van der Waals surface area contributed by atoms with Crippen molar-refractivity contribution < 1.29 is 14.3 Å². The fourth-order valence-electron chi connectivity index (χ4n) is 2.71. The van der Waals surface area contributed by atoms with Crippen LogP contribution in [0.15, 0.2) is 17.5 Å². The first-order valence-electron chi connectivity index (χ1n) is 7.76. The third kappa shape index (κ3) is 3.87. The topological polar surface area (TPSA) is 49.9 Å². The molecule has 0 bridgehead atoms. The number of carbonyl (C=O) groups is 2. The van der Waals surface area contributed by atoms with Crippen LogP contribution >= 0.6 is 11.3 Å². The van der Waals surface area contributed by atoms with E-state index in [1.54, 1.807) is 4.90 Å². The molecule has 2 amide bonds. The Hall–Kier alpha value is -1.40. The summed E-state index contributed by atoms with van der Waals surface area (Å²) in [6.45, 7) is 8.17. The first-order valence-corrected chi connectivity index (χ1v) is 8.64. The molecule has 1 saturated heterocycles. The van der Waals surface area contributed by atoms with Crippen LogP contribution in [-0.4, -0.2) is 60.0 Å². The lowest BCUT2D eigenvalue weighted by molar-refractivity contribution is 0.00108. The summed E-state index contributed by atoms with van der Waals surface area (Å²) in [5, 5.41) is 1.89. The molecule has 0 aromatic carbocycles. The van der Waals surface area contributed by atoms with Gasteiger partial charge in [0.05, 0.1) is 24.1 Å². The van der Waals surface area contributed by atoms with Gasteiger partial charge in [-0.15, -0.1) is 11.3 Å². The van der Waals surface area contributed by atoms with E-state index in [1.165, 1.54) is 11.3 Å². The number of hydrogen-bond donors (Lipinski definition) is 0. The van der Waals surface area contributed by atoms with E-state index in [0.717, 1.165) is 4.88 Å². The molecular formula is C16H24N2O3S. The molecule has 1 aromatic rings. The molecule has 0 aliphatic carbocycles. The summed E-state index contributed by atoms with van der Waals surface area (Å²) in [6, 6.07) is 3.67. The van der Waals surface area contributed by atoms with Crippen molar-refractivity contribution in [3.05, 3.63) is 22.4 Å². The monoisotopic (exact) mass is 324 g/mol. The Kier molecular flexibility index (Phi) is 5.97. The Labute approximate surface area is 135 Å². The Morgan fingerprint density at radius 3 is 2.86 bits per heavy atom. The number of amides is 2. The number of Topliss-reactive ketones (excluding diaryl/α,β-unsaturated/α-hetero) is 1. The van der Waals surface area contributed by atoms with Crippen molar-refractivity contribution in [1.29, 1.82) is 0 Å². The second-order valence-electron chi connectivity index (χ2n) is 5.69. The fraction of sp³-hybridized carbons (Fsp3) is 0.625. The van der Waals surface area contributed by atoms with Gasteiger partial charge in [0.25, 0.3) is 0 Å². The first kappa shape index (κ1) is 17.0. The number of ether oxygens (including phenoxy) is 1. The number of rotatable bonds is 5. The molecule has 0 spiro atoms. The van der Waals surface area contributed by atoms with E-state index in [2.05, 4.69) is 0 Å².